The topological polar surface area (TPSA) is 51.1 Å². The highest BCUT2D eigenvalue weighted by Crippen LogP contribution is 2.32. The van der Waals surface area contributed by atoms with Crippen LogP contribution in [0.5, 0.6) is 5.75 Å². The number of ether oxygens (including phenoxy) is 1. The van der Waals surface area contributed by atoms with Crippen LogP contribution in [0.15, 0.2) is 36.5 Å². The molecule has 4 rings (SSSR count). The minimum absolute atomic E-state index is 0.444. The zero-order chi connectivity index (χ0) is 16.4. The van der Waals surface area contributed by atoms with Gasteiger partial charge in [-0.05, 0) is 31.0 Å². The minimum atomic E-state index is 0.444. The lowest BCUT2D eigenvalue weighted by Gasteiger charge is -2.26. The highest BCUT2D eigenvalue weighted by molar-refractivity contribution is 7.00. The van der Waals surface area contributed by atoms with Crippen molar-refractivity contribution in [3.05, 3.63) is 41.6 Å². The predicted molar refractivity (Wildman–Crippen MR) is 97.1 cm³/mol. The van der Waals surface area contributed by atoms with Gasteiger partial charge in [0.2, 0.25) is 0 Å². The third-order valence-electron chi connectivity index (χ3n) is 4.37. The summed E-state index contributed by atoms with van der Waals surface area (Å²) in [6.45, 7) is 1.68. The summed E-state index contributed by atoms with van der Waals surface area (Å²) in [4.78, 5) is 6.70. The summed E-state index contributed by atoms with van der Waals surface area (Å²) in [6, 6.07) is 10.1. The van der Waals surface area contributed by atoms with Gasteiger partial charge in [0, 0.05) is 25.2 Å². The van der Waals surface area contributed by atoms with Crippen molar-refractivity contribution in [2.75, 3.05) is 18.1 Å². The van der Waals surface area contributed by atoms with Crippen LogP contribution in [0, 0.1) is 0 Å². The van der Waals surface area contributed by atoms with Crippen LogP contribution in [0.4, 0.5) is 5.69 Å². The lowest BCUT2D eigenvalue weighted by atomic mass is 10.1. The van der Waals surface area contributed by atoms with Gasteiger partial charge in [-0.15, -0.1) is 0 Å². The third kappa shape index (κ3) is 3.03. The molecule has 1 aliphatic heterocycles. The zero-order valence-corrected chi connectivity index (χ0v) is 14.6. The van der Waals surface area contributed by atoms with Gasteiger partial charge in [0.1, 0.15) is 11.3 Å². The van der Waals surface area contributed by atoms with E-state index in [-0.39, 0.29) is 0 Å². The molecule has 24 heavy (non-hydrogen) atoms. The summed E-state index contributed by atoms with van der Waals surface area (Å²) in [5, 5.41) is 0.658. The molecule has 1 aliphatic rings. The van der Waals surface area contributed by atoms with Gasteiger partial charge in [-0.2, -0.15) is 8.75 Å². The molecule has 0 N–H and O–H groups in total. The smallest absolute Gasteiger partial charge is 0.195 e. The maximum Gasteiger partial charge on any atom is 0.195 e. The number of anilines is 1. The van der Waals surface area contributed by atoms with Crippen molar-refractivity contribution in [3.8, 4) is 5.75 Å². The van der Waals surface area contributed by atoms with E-state index in [0.717, 1.165) is 42.0 Å². The van der Waals surface area contributed by atoms with E-state index >= 15 is 0 Å². The van der Waals surface area contributed by atoms with Crippen molar-refractivity contribution in [2.24, 2.45) is 0 Å². The highest BCUT2D eigenvalue weighted by Gasteiger charge is 2.27. The number of benzene rings is 1. The summed E-state index contributed by atoms with van der Waals surface area (Å²) < 4.78 is 14.5. The number of hydrogen-bond donors (Lipinski definition) is 0. The largest absolute Gasteiger partial charge is 0.492 e. The van der Waals surface area contributed by atoms with Gasteiger partial charge in [-0.3, -0.25) is 0 Å². The Hall–Kier alpha value is -1.92. The van der Waals surface area contributed by atoms with Crippen molar-refractivity contribution in [3.63, 3.8) is 0 Å². The SMILES string of the molecule is Clc1ccccc1OCCC1CCCN1c1ccnc2nsnc12. The third-order valence-corrected chi connectivity index (χ3v) is 5.21. The van der Waals surface area contributed by atoms with Crippen molar-refractivity contribution in [1.82, 2.24) is 13.7 Å². The van der Waals surface area contributed by atoms with Crippen LogP contribution >= 0.6 is 23.3 Å². The lowest BCUT2D eigenvalue weighted by Crippen LogP contribution is -2.30. The van der Waals surface area contributed by atoms with E-state index < -0.39 is 0 Å². The van der Waals surface area contributed by atoms with Crippen LogP contribution in [0.2, 0.25) is 5.02 Å². The molecule has 1 aromatic carbocycles. The Kier molecular flexibility index (Phi) is 4.49. The van der Waals surface area contributed by atoms with Crippen LogP contribution in [0.3, 0.4) is 0 Å². The molecule has 0 amide bonds. The predicted octanol–water partition coefficient (Wildman–Crippen LogP) is 4.18. The molecular formula is C17H17ClN4OS. The maximum absolute atomic E-state index is 6.14. The molecule has 2 aromatic heterocycles. The number of pyridine rings is 1. The Labute approximate surface area is 149 Å². The number of aromatic nitrogens is 3. The maximum atomic E-state index is 6.14. The number of fused-ring (bicyclic) bond motifs is 1. The fourth-order valence-electron chi connectivity index (χ4n) is 3.24. The zero-order valence-electron chi connectivity index (χ0n) is 13.1. The van der Waals surface area contributed by atoms with E-state index in [2.05, 4.69) is 18.6 Å². The second-order valence-corrected chi connectivity index (χ2v) is 6.76. The number of rotatable bonds is 5. The molecule has 3 heterocycles. The summed E-state index contributed by atoms with van der Waals surface area (Å²) >= 11 is 7.36. The van der Waals surface area contributed by atoms with Gasteiger partial charge in [-0.1, -0.05) is 23.7 Å². The van der Waals surface area contributed by atoms with Gasteiger partial charge < -0.3 is 9.64 Å². The second-order valence-electron chi connectivity index (χ2n) is 5.82. The number of nitrogens with zero attached hydrogens (tertiary/aromatic N) is 4. The van der Waals surface area contributed by atoms with Crippen LogP contribution in [-0.2, 0) is 0 Å². The van der Waals surface area contributed by atoms with E-state index in [9.17, 15) is 0 Å². The van der Waals surface area contributed by atoms with Crippen molar-refractivity contribution >= 4 is 40.2 Å². The summed E-state index contributed by atoms with van der Waals surface area (Å²) in [5.41, 5.74) is 2.77. The molecule has 3 aromatic rings. The Morgan fingerprint density at radius 2 is 2.17 bits per heavy atom. The highest BCUT2D eigenvalue weighted by atomic mass is 35.5. The van der Waals surface area contributed by atoms with Crippen molar-refractivity contribution in [1.29, 1.82) is 0 Å². The quantitative estimate of drug-likeness (QED) is 0.683. The molecule has 0 radical (unpaired) electrons. The molecule has 1 unspecified atom stereocenters. The normalized spacial score (nSPS) is 17.5. The molecule has 1 saturated heterocycles. The number of hydrogen-bond acceptors (Lipinski definition) is 6. The minimum Gasteiger partial charge on any atom is -0.492 e. The van der Waals surface area contributed by atoms with Gasteiger partial charge in [-0.25, -0.2) is 4.98 Å². The first-order valence-corrected chi connectivity index (χ1v) is 9.15. The molecule has 0 spiro atoms. The molecule has 0 bridgehead atoms. The Morgan fingerprint density at radius 1 is 1.25 bits per heavy atom. The van der Waals surface area contributed by atoms with Crippen molar-refractivity contribution < 1.29 is 4.74 Å². The van der Waals surface area contributed by atoms with E-state index in [1.807, 2.05) is 36.5 Å². The van der Waals surface area contributed by atoms with E-state index in [1.54, 1.807) is 0 Å². The molecule has 124 valence electrons. The summed E-state index contributed by atoms with van der Waals surface area (Å²) in [5.74, 6) is 0.749. The van der Waals surface area contributed by atoms with Gasteiger partial charge >= 0.3 is 0 Å². The molecular weight excluding hydrogens is 344 g/mol. The Balaban J connectivity index is 1.45. The average Bonchev–Trinajstić information content (AvgIpc) is 3.25. The van der Waals surface area contributed by atoms with Gasteiger partial charge in [0.15, 0.2) is 5.65 Å². The summed E-state index contributed by atoms with van der Waals surface area (Å²) in [7, 11) is 0. The van der Waals surface area contributed by atoms with E-state index in [4.69, 9.17) is 16.3 Å². The number of para-hydroxylation sites is 1. The van der Waals surface area contributed by atoms with Crippen LogP contribution in [0.25, 0.3) is 11.2 Å². The molecule has 1 atom stereocenters. The number of halogens is 1. The molecule has 1 fully saturated rings. The first-order chi connectivity index (χ1) is 11.8. The monoisotopic (exact) mass is 360 g/mol. The first-order valence-electron chi connectivity index (χ1n) is 8.04. The van der Waals surface area contributed by atoms with Crippen LogP contribution < -0.4 is 9.64 Å². The first kappa shape index (κ1) is 15.6. The lowest BCUT2D eigenvalue weighted by molar-refractivity contribution is 0.298. The van der Waals surface area contributed by atoms with Crippen LogP contribution in [-0.4, -0.2) is 32.9 Å². The molecule has 0 aliphatic carbocycles. The van der Waals surface area contributed by atoms with E-state index in [1.165, 1.54) is 18.1 Å². The molecule has 7 heteroatoms. The fourth-order valence-corrected chi connectivity index (χ4v) is 3.94. The average molecular weight is 361 g/mol. The molecule has 0 saturated carbocycles. The van der Waals surface area contributed by atoms with Crippen LogP contribution in [0.1, 0.15) is 19.3 Å². The van der Waals surface area contributed by atoms with E-state index in [0.29, 0.717) is 17.7 Å². The second kappa shape index (κ2) is 6.91. The Morgan fingerprint density at radius 3 is 3.08 bits per heavy atom. The fraction of sp³-hybridized carbons (Fsp3) is 0.353. The van der Waals surface area contributed by atoms with Gasteiger partial charge in [0.25, 0.3) is 0 Å². The Bertz CT molecular complexity index is 840. The molecule has 5 nitrogen and oxygen atoms in total. The van der Waals surface area contributed by atoms with Gasteiger partial charge in [0.05, 0.1) is 29.0 Å². The van der Waals surface area contributed by atoms with Crippen molar-refractivity contribution in [2.45, 2.75) is 25.3 Å². The standard InChI is InChI=1S/C17H17ClN4OS/c18-13-5-1-2-6-15(13)23-11-8-12-4-3-10-22(12)14-7-9-19-17-16(14)20-24-21-17/h1-2,5-7,9,12H,3-4,8,10-11H2. The summed E-state index contributed by atoms with van der Waals surface area (Å²) in [6.07, 6.45) is 5.10.